The van der Waals surface area contributed by atoms with Crippen molar-refractivity contribution in [1.82, 2.24) is 4.90 Å². The summed E-state index contributed by atoms with van der Waals surface area (Å²) >= 11 is 0. The maximum Gasteiger partial charge on any atom is 0.0236 e. The van der Waals surface area contributed by atoms with Crippen LogP contribution in [0.5, 0.6) is 0 Å². The second-order valence-electron chi connectivity index (χ2n) is 7.36. The van der Waals surface area contributed by atoms with E-state index in [1.807, 2.05) is 0 Å². The molecule has 0 saturated carbocycles. The molecule has 1 rings (SSSR count). The van der Waals surface area contributed by atoms with Gasteiger partial charge in [0.2, 0.25) is 0 Å². The highest BCUT2D eigenvalue weighted by Gasteiger charge is 2.17. The van der Waals surface area contributed by atoms with Crippen molar-refractivity contribution >= 4 is 0 Å². The number of benzene rings is 1. The Kier molecular flexibility index (Phi) is 6.70. The molecule has 0 bridgehead atoms. The van der Waals surface area contributed by atoms with Gasteiger partial charge < -0.3 is 5.73 Å². The van der Waals surface area contributed by atoms with E-state index in [9.17, 15) is 0 Å². The van der Waals surface area contributed by atoms with E-state index < -0.39 is 0 Å². The second-order valence-corrected chi connectivity index (χ2v) is 7.36. The minimum atomic E-state index is 0.298. The van der Waals surface area contributed by atoms with Crippen molar-refractivity contribution in [1.29, 1.82) is 0 Å². The fraction of sp³-hybridized carbons (Fsp3) is 0.667. The molecule has 0 spiro atoms. The molecular formula is C18H32N2. The maximum atomic E-state index is 6.28. The summed E-state index contributed by atoms with van der Waals surface area (Å²) in [5, 5.41) is 0. The third-order valence-corrected chi connectivity index (χ3v) is 3.62. The Bertz CT molecular complexity index is 365. The second kappa shape index (κ2) is 7.80. The van der Waals surface area contributed by atoms with Gasteiger partial charge in [0.25, 0.3) is 0 Å². The predicted molar refractivity (Wildman–Crippen MR) is 88.7 cm³/mol. The van der Waals surface area contributed by atoms with Crippen molar-refractivity contribution < 1.29 is 0 Å². The lowest BCUT2D eigenvalue weighted by Crippen LogP contribution is -2.36. The molecule has 1 atom stereocenters. The number of nitrogens with two attached hydrogens (primary N) is 1. The third-order valence-electron chi connectivity index (χ3n) is 3.62. The van der Waals surface area contributed by atoms with E-state index >= 15 is 0 Å². The van der Waals surface area contributed by atoms with E-state index in [-0.39, 0.29) is 0 Å². The van der Waals surface area contributed by atoms with Crippen LogP contribution in [0.4, 0.5) is 0 Å². The van der Waals surface area contributed by atoms with Gasteiger partial charge in [0.15, 0.2) is 0 Å². The zero-order chi connectivity index (χ0) is 15.2. The first kappa shape index (κ1) is 17.2. The molecule has 20 heavy (non-hydrogen) atoms. The number of hydrogen-bond acceptors (Lipinski definition) is 2. The summed E-state index contributed by atoms with van der Waals surface area (Å²) in [4.78, 5) is 2.51. The monoisotopic (exact) mass is 276 g/mol. The maximum absolute atomic E-state index is 6.28. The normalized spacial score (nSPS) is 14.0. The fourth-order valence-corrected chi connectivity index (χ4v) is 2.56. The number of hydrogen-bond donors (Lipinski definition) is 1. The van der Waals surface area contributed by atoms with Gasteiger partial charge >= 0.3 is 0 Å². The lowest BCUT2D eigenvalue weighted by atomic mass is 9.87. The van der Waals surface area contributed by atoms with Gasteiger partial charge in [-0.25, -0.2) is 0 Å². The van der Waals surface area contributed by atoms with Gasteiger partial charge in [-0.15, -0.1) is 0 Å². The first-order valence-corrected chi connectivity index (χ1v) is 7.81. The minimum absolute atomic E-state index is 0.298. The molecule has 2 N–H and O–H groups in total. The van der Waals surface area contributed by atoms with Crippen molar-refractivity contribution in [3.63, 3.8) is 0 Å². The summed E-state index contributed by atoms with van der Waals surface area (Å²) in [6.07, 6.45) is 2.16. The van der Waals surface area contributed by atoms with Crippen molar-refractivity contribution in [2.45, 2.75) is 66.1 Å². The first-order chi connectivity index (χ1) is 9.28. The molecule has 1 aromatic carbocycles. The van der Waals surface area contributed by atoms with E-state index in [1.54, 1.807) is 0 Å². The van der Waals surface area contributed by atoms with Gasteiger partial charge in [-0.1, -0.05) is 51.1 Å². The summed E-state index contributed by atoms with van der Waals surface area (Å²) in [5.41, 5.74) is 7.98. The van der Waals surface area contributed by atoms with Gasteiger partial charge in [0, 0.05) is 25.2 Å². The molecule has 0 heterocycles. The minimum Gasteiger partial charge on any atom is -0.328 e. The molecular weight excluding hydrogens is 244 g/mol. The SMILES string of the molecule is CC(C)N(CCC(N)CC(C)(C)C)Cc1ccccc1. The zero-order valence-electron chi connectivity index (χ0n) is 13.9. The first-order valence-electron chi connectivity index (χ1n) is 7.81. The van der Waals surface area contributed by atoms with Gasteiger partial charge in [-0.3, -0.25) is 4.90 Å². The van der Waals surface area contributed by atoms with Crippen molar-refractivity contribution in [2.75, 3.05) is 6.54 Å². The predicted octanol–water partition coefficient (Wildman–Crippen LogP) is 4.05. The molecule has 0 aromatic heterocycles. The Morgan fingerprint density at radius 2 is 1.70 bits per heavy atom. The lowest BCUT2D eigenvalue weighted by Gasteiger charge is -2.29. The molecule has 0 aliphatic heterocycles. The van der Waals surface area contributed by atoms with E-state index in [4.69, 9.17) is 5.73 Å². The van der Waals surface area contributed by atoms with Crippen molar-refractivity contribution in [3.05, 3.63) is 35.9 Å². The Balaban J connectivity index is 2.48. The molecule has 2 nitrogen and oxygen atoms in total. The number of nitrogens with zero attached hydrogens (tertiary/aromatic N) is 1. The van der Waals surface area contributed by atoms with Crippen LogP contribution < -0.4 is 5.73 Å². The third kappa shape index (κ3) is 7.06. The Morgan fingerprint density at radius 1 is 1.10 bits per heavy atom. The molecule has 1 aromatic rings. The molecule has 0 radical (unpaired) electrons. The Hall–Kier alpha value is -0.860. The lowest BCUT2D eigenvalue weighted by molar-refractivity contribution is 0.197. The van der Waals surface area contributed by atoms with Crippen LogP contribution >= 0.6 is 0 Å². The van der Waals surface area contributed by atoms with E-state index in [1.165, 1.54) is 5.56 Å². The van der Waals surface area contributed by atoms with E-state index in [0.717, 1.165) is 25.9 Å². The molecule has 1 unspecified atom stereocenters. The van der Waals surface area contributed by atoms with Gasteiger partial charge in [-0.05, 0) is 37.7 Å². The molecule has 0 saturated heterocycles. The average molecular weight is 276 g/mol. The average Bonchev–Trinajstić information content (AvgIpc) is 2.33. The molecule has 114 valence electrons. The zero-order valence-corrected chi connectivity index (χ0v) is 13.9. The summed E-state index contributed by atoms with van der Waals surface area (Å²) in [7, 11) is 0. The van der Waals surface area contributed by atoms with Crippen LogP contribution in [-0.4, -0.2) is 23.5 Å². The molecule has 0 fully saturated rings. The van der Waals surface area contributed by atoms with Crippen LogP contribution in [0.15, 0.2) is 30.3 Å². The van der Waals surface area contributed by atoms with Crippen molar-refractivity contribution in [3.8, 4) is 0 Å². The van der Waals surface area contributed by atoms with E-state index in [0.29, 0.717) is 17.5 Å². The van der Waals surface area contributed by atoms with Gasteiger partial charge in [0.1, 0.15) is 0 Å². The summed E-state index contributed by atoms with van der Waals surface area (Å²) < 4.78 is 0. The molecule has 0 amide bonds. The Labute approximate surface area is 125 Å². The van der Waals surface area contributed by atoms with Crippen LogP contribution in [0.1, 0.15) is 53.0 Å². The highest BCUT2D eigenvalue weighted by atomic mass is 15.1. The summed E-state index contributed by atoms with van der Waals surface area (Å²) in [6, 6.07) is 11.5. The van der Waals surface area contributed by atoms with Crippen LogP contribution in [0, 0.1) is 5.41 Å². The van der Waals surface area contributed by atoms with Crippen molar-refractivity contribution in [2.24, 2.45) is 11.1 Å². The summed E-state index contributed by atoms with van der Waals surface area (Å²) in [5.74, 6) is 0. The van der Waals surface area contributed by atoms with Crippen LogP contribution in [0.25, 0.3) is 0 Å². The molecule has 0 aliphatic carbocycles. The summed E-state index contributed by atoms with van der Waals surface area (Å²) in [6.45, 7) is 13.4. The van der Waals surface area contributed by atoms with Crippen LogP contribution in [0.3, 0.4) is 0 Å². The van der Waals surface area contributed by atoms with Crippen LogP contribution in [-0.2, 0) is 6.54 Å². The highest BCUT2D eigenvalue weighted by Crippen LogP contribution is 2.21. The Morgan fingerprint density at radius 3 is 2.20 bits per heavy atom. The molecule has 0 aliphatic rings. The van der Waals surface area contributed by atoms with Gasteiger partial charge in [0.05, 0.1) is 0 Å². The van der Waals surface area contributed by atoms with E-state index in [2.05, 4.69) is 69.9 Å². The standard InChI is InChI=1S/C18H32N2/c1-15(2)20(14-16-9-7-6-8-10-16)12-11-17(19)13-18(3,4)5/h6-10,15,17H,11-14,19H2,1-5H3. The quantitative estimate of drug-likeness (QED) is 0.814. The van der Waals surface area contributed by atoms with Gasteiger partial charge in [-0.2, -0.15) is 0 Å². The fourth-order valence-electron chi connectivity index (χ4n) is 2.56. The molecule has 2 heteroatoms. The van der Waals surface area contributed by atoms with Crippen LogP contribution in [0.2, 0.25) is 0 Å². The smallest absolute Gasteiger partial charge is 0.0236 e. The number of rotatable bonds is 7. The topological polar surface area (TPSA) is 29.3 Å². The highest BCUT2D eigenvalue weighted by molar-refractivity contribution is 5.14. The largest absolute Gasteiger partial charge is 0.328 e.